The monoisotopic (exact) mass is 257 g/mol. The van der Waals surface area contributed by atoms with Gasteiger partial charge < -0.3 is 4.90 Å². The lowest BCUT2D eigenvalue weighted by molar-refractivity contribution is -0.894. The van der Waals surface area contributed by atoms with Gasteiger partial charge in [0.05, 0.1) is 24.1 Å². The van der Waals surface area contributed by atoms with Gasteiger partial charge in [-0.3, -0.25) is 10.1 Å². The third kappa shape index (κ3) is 4.32. The Morgan fingerprint density at radius 3 is 2.76 bits per heavy atom. The van der Waals surface area contributed by atoms with E-state index in [1.165, 1.54) is 11.0 Å². The Labute approximate surface area is 106 Å². The summed E-state index contributed by atoms with van der Waals surface area (Å²) in [5.41, 5.74) is 0.862. The van der Waals surface area contributed by atoms with Crippen LogP contribution in [0, 0.1) is 10.1 Å². The number of nitrogens with one attached hydrogen (secondary N) is 1. The van der Waals surface area contributed by atoms with Crippen LogP contribution in [-0.4, -0.2) is 18.5 Å². The molecule has 0 spiro atoms. The minimum atomic E-state index is -0.348. The van der Waals surface area contributed by atoms with Gasteiger partial charge in [-0.1, -0.05) is 24.9 Å². The second kappa shape index (κ2) is 6.57. The largest absolute Gasteiger partial charge is 0.333 e. The van der Waals surface area contributed by atoms with Crippen LogP contribution in [0.5, 0.6) is 0 Å². The van der Waals surface area contributed by atoms with Gasteiger partial charge in [-0.15, -0.1) is 0 Å². The zero-order valence-corrected chi connectivity index (χ0v) is 11.0. The molecule has 0 heterocycles. The van der Waals surface area contributed by atoms with Gasteiger partial charge in [0.2, 0.25) is 0 Å². The van der Waals surface area contributed by atoms with Crippen LogP contribution < -0.4 is 4.90 Å². The van der Waals surface area contributed by atoms with Gasteiger partial charge >= 0.3 is 0 Å². The predicted molar refractivity (Wildman–Crippen MR) is 68.5 cm³/mol. The van der Waals surface area contributed by atoms with Crippen molar-refractivity contribution in [1.29, 1.82) is 0 Å². The van der Waals surface area contributed by atoms with Crippen LogP contribution in [0.2, 0.25) is 5.02 Å². The van der Waals surface area contributed by atoms with Crippen molar-refractivity contribution < 1.29 is 9.82 Å². The fourth-order valence-electron chi connectivity index (χ4n) is 1.77. The van der Waals surface area contributed by atoms with E-state index < -0.39 is 0 Å². The van der Waals surface area contributed by atoms with Crippen molar-refractivity contribution in [3.8, 4) is 0 Å². The molecular weight excluding hydrogens is 240 g/mol. The van der Waals surface area contributed by atoms with Crippen molar-refractivity contribution >= 4 is 17.3 Å². The van der Waals surface area contributed by atoms with Gasteiger partial charge in [-0.25, -0.2) is 0 Å². The van der Waals surface area contributed by atoms with E-state index in [1.807, 2.05) is 7.05 Å². The molecule has 1 rings (SSSR count). The summed E-state index contributed by atoms with van der Waals surface area (Å²) in [5.74, 6) is 0. The van der Waals surface area contributed by atoms with Crippen LogP contribution >= 0.6 is 11.6 Å². The summed E-state index contributed by atoms with van der Waals surface area (Å²) in [4.78, 5) is 11.8. The molecule has 0 radical (unpaired) electrons. The molecule has 5 heteroatoms. The zero-order valence-electron chi connectivity index (χ0n) is 10.2. The van der Waals surface area contributed by atoms with Gasteiger partial charge in [0, 0.05) is 11.1 Å². The van der Waals surface area contributed by atoms with Crippen molar-refractivity contribution in [2.45, 2.75) is 26.3 Å². The first-order valence-corrected chi connectivity index (χ1v) is 6.16. The smallest absolute Gasteiger partial charge is 0.278 e. The van der Waals surface area contributed by atoms with E-state index in [9.17, 15) is 10.1 Å². The predicted octanol–water partition coefficient (Wildman–Crippen LogP) is 2.06. The molecule has 94 valence electrons. The molecule has 1 aromatic carbocycles. The number of rotatable bonds is 6. The van der Waals surface area contributed by atoms with Gasteiger partial charge in [-0.2, -0.15) is 0 Å². The van der Waals surface area contributed by atoms with Crippen LogP contribution in [0.3, 0.4) is 0 Å². The van der Waals surface area contributed by atoms with Crippen LogP contribution in [0.4, 0.5) is 5.69 Å². The molecule has 0 saturated heterocycles. The fraction of sp³-hybridized carbons (Fsp3) is 0.500. The van der Waals surface area contributed by atoms with Crippen molar-refractivity contribution in [3.63, 3.8) is 0 Å². The highest BCUT2D eigenvalue weighted by atomic mass is 35.5. The number of unbranched alkanes of at least 4 members (excludes halogenated alkanes) is 1. The van der Waals surface area contributed by atoms with Crippen LogP contribution in [-0.2, 0) is 6.54 Å². The average Bonchev–Trinajstić information content (AvgIpc) is 2.26. The van der Waals surface area contributed by atoms with E-state index in [-0.39, 0.29) is 10.6 Å². The van der Waals surface area contributed by atoms with E-state index in [0.29, 0.717) is 17.1 Å². The maximum atomic E-state index is 10.9. The van der Waals surface area contributed by atoms with Crippen LogP contribution in [0.15, 0.2) is 18.2 Å². The van der Waals surface area contributed by atoms with E-state index in [2.05, 4.69) is 6.92 Å². The number of halogens is 1. The molecule has 1 aromatic rings. The third-order valence-electron chi connectivity index (χ3n) is 2.69. The number of nitrogens with zero attached hydrogens (tertiary/aromatic N) is 1. The molecule has 0 bridgehead atoms. The van der Waals surface area contributed by atoms with E-state index in [1.54, 1.807) is 12.1 Å². The summed E-state index contributed by atoms with van der Waals surface area (Å²) in [7, 11) is 2.04. The molecule has 4 nitrogen and oxygen atoms in total. The Bertz CT molecular complexity index is 396. The summed E-state index contributed by atoms with van der Waals surface area (Å²) in [6, 6.07) is 4.73. The normalized spacial score (nSPS) is 12.4. The minimum absolute atomic E-state index is 0.158. The Balaban J connectivity index is 2.81. The van der Waals surface area contributed by atoms with E-state index in [4.69, 9.17) is 11.6 Å². The van der Waals surface area contributed by atoms with Gasteiger partial charge in [0.1, 0.15) is 6.54 Å². The number of benzene rings is 1. The summed E-state index contributed by atoms with van der Waals surface area (Å²) >= 11 is 5.88. The fourth-order valence-corrected chi connectivity index (χ4v) is 1.96. The Morgan fingerprint density at radius 2 is 2.18 bits per heavy atom. The molecule has 1 unspecified atom stereocenters. The van der Waals surface area contributed by atoms with Gasteiger partial charge in [0.15, 0.2) is 0 Å². The van der Waals surface area contributed by atoms with E-state index >= 15 is 0 Å². The summed E-state index contributed by atoms with van der Waals surface area (Å²) in [6.07, 6.45) is 2.26. The molecule has 0 aromatic heterocycles. The summed E-state index contributed by atoms with van der Waals surface area (Å²) in [5, 5.41) is 11.4. The van der Waals surface area contributed by atoms with Crippen molar-refractivity contribution in [1.82, 2.24) is 0 Å². The Morgan fingerprint density at radius 1 is 1.47 bits per heavy atom. The second-order valence-corrected chi connectivity index (χ2v) is 4.70. The van der Waals surface area contributed by atoms with Crippen molar-refractivity contribution in [2.75, 3.05) is 13.6 Å². The number of quaternary nitrogens is 1. The van der Waals surface area contributed by atoms with Crippen molar-refractivity contribution in [3.05, 3.63) is 38.9 Å². The Kier molecular flexibility index (Phi) is 5.38. The average molecular weight is 258 g/mol. The quantitative estimate of drug-likeness (QED) is 0.626. The van der Waals surface area contributed by atoms with Gasteiger partial charge in [-0.05, 0) is 18.6 Å². The molecule has 0 aliphatic rings. The molecular formula is C12H18ClN2O2+. The summed E-state index contributed by atoms with van der Waals surface area (Å²) in [6.45, 7) is 3.78. The number of hydrogen-bond acceptors (Lipinski definition) is 2. The zero-order chi connectivity index (χ0) is 12.8. The van der Waals surface area contributed by atoms with Crippen molar-refractivity contribution in [2.24, 2.45) is 0 Å². The first-order chi connectivity index (χ1) is 8.04. The SMILES string of the molecule is CCCC[NH+](C)Cc1cc(Cl)ccc1[N+](=O)[O-]. The number of hydrogen-bond donors (Lipinski definition) is 1. The van der Waals surface area contributed by atoms with E-state index in [0.717, 1.165) is 19.4 Å². The molecule has 0 saturated carbocycles. The third-order valence-corrected chi connectivity index (χ3v) is 2.92. The molecule has 17 heavy (non-hydrogen) atoms. The van der Waals surface area contributed by atoms with Crippen LogP contribution in [0.1, 0.15) is 25.3 Å². The van der Waals surface area contributed by atoms with Crippen LogP contribution in [0.25, 0.3) is 0 Å². The topological polar surface area (TPSA) is 47.6 Å². The molecule has 1 atom stereocenters. The molecule has 0 fully saturated rings. The standard InChI is InChI=1S/C12H17ClN2O2/c1-3-4-7-14(2)9-10-8-11(13)5-6-12(10)15(16)17/h5-6,8H,3-4,7,9H2,1-2H3/p+1. The lowest BCUT2D eigenvalue weighted by Crippen LogP contribution is -3.07. The summed E-state index contributed by atoms with van der Waals surface area (Å²) < 4.78 is 0. The molecule has 0 aliphatic carbocycles. The number of nitro groups is 1. The first-order valence-electron chi connectivity index (χ1n) is 5.78. The molecule has 0 amide bonds. The van der Waals surface area contributed by atoms with Gasteiger partial charge in [0.25, 0.3) is 5.69 Å². The highest BCUT2D eigenvalue weighted by Gasteiger charge is 2.17. The minimum Gasteiger partial charge on any atom is -0.333 e. The lowest BCUT2D eigenvalue weighted by Gasteiger charge is -2.13. The first kappa shape index (κ1) is 13.9. The maximum absolute atomic E-state index is 10.9. The molecule has 0 aliphatic heterocycles. The lowest BCUT2D eigenvalue weighted by atomic mass is 10.1. The highest BCUT2D eigenvalue weighted by molar-refractivity contribution is 6.30. The molecule has 1 N–H and O–H groups in total. The highest BCUT2D eigenvalue weighted by Crippen LogP contribution is 2.21. The number of nitro benzene ring substituents is 1. The maximum Gasteiger partial charge on any atom is 0.278 e. The Hall–Kier alpha value is -1.13. The second-order valence-electron chi connectivity index (χ2n) is 4.27.